The van der Waals surface area contributed by atoms with Crippen molar-refractivity contribution in [2.75, 3.05) is 19.7 Å². The first-order valence-electron chi connectivity index (χ1n) is 7.26. The van der Waals surface area contributed by atoms with Crippen LogP contribution >= 0.6 is 0 Å². The maximum absolute atomic E-state index is 12.4. The third-order valence-electron chi connectivity index (χ3n) is 3.77. The molecule has 0 radical (unpaired) electrons. The van der Waals surface area contributed by atoms with E-state index in [4.69, 9.17) is 9.84 Å². The van der Waals surface area contributed by atoms with Gasteiger partial charge in [-0.2, -0.15) is 0 Å². The zero-order chi connectivity index (χ0) is 15.2. The van der Waals surface area contributed by atoms with Crippen molar-refractivity contribution in [3.8, 4) is 0 Å². The number of benzene rings is 1. The number of likely N-dealkylation sites (tertiary alicyclic amines) is 1. The van der Waals surface area contributed by atoms with E-state index in [1.807, 2.05) is 36.1 Å². The Morgan fingerprint density at radius 3 is 2.57 bits per heavy atom. The fourth-order valence-corrected chi connectivity index (χ4v) is 2.52. The Morgan fingerprint density at radius 1 is 1.29 bits per heavy atom. The van der Waals surface area contributed by atoms with Gasteiger partial charge in [-0.1, -0.05) is 18.2 Å². The minimum atomic E-state index is -0.845. The molecular weight excluding hydrogens is 270 g/mol. The fraction of sp³-hybridized carbons (Fsp3) is 0.500. The second-order valence-corrected chi connectivity index (χ2v) is 5.32. The van der Waals surface area contributed by atoms with Crippen LogP contribution in [-0.2, 0) is 9.53 Å². The lowest BCUT2D eigenvalue weighted by molar-refractivity contribution is -0.138. The summed E-state index contributed by atoms with van der Waals surface area (Å²) in [5, 5.41) is 8.58. The molecule has 0 unspecified atom stereocenters. The van der Waals surface area contributed by atoms with Crippen LogP contribution in [0.4, 0.5) is 0 Å². The van der Waals surface area contributed by atoms with Crippen LogP contribution in [0.5, 0.6) is 0 Å². The summed E-state index contributed by atoms with van der Waals surface area (Å²) < 4.78 is 5.53. The van der Waals surface area contributed by atoms with Gasteiger partial charge in [0.2, 0.25) is 0 Å². The molecule has 1 heterocycles. The van der Waals surface area contributed by atoms with Crippen molar-refractivity contribution in [3.63, 3.8) is 0 Å². The van der Waals surface area contributed by atoms with Gasteiger partial charge in [0.25, 0.3) is 5.91 Å². The number of ether oxygens (including phenoxy) is 1. The van der Waals surface area contributed by atoms with Gasteiger partial charge in [0.15, 0.2) is 0 Å². The van der Waals surface area contributed by atoms with E-state index in [1.165, 1.54) is 0 Å². The summed E-state index contributed by atoms with van der Waals surface area (Å²) in [5.41, 5.74) is 1.74. The molecule has 0 saturated carbocycles. The number of hydrogen-bond acceptors (Lipinski definition) is 3. The lowest BCUT2D eigenvalue weighted by atomic mass is 10.0. The highest BCUT2D eigenvalue weighted by Gasteiger charge is 2.24. The van der Waals surface area contributed by atoms with Gasteiger partial charge in [-0.05, 0) is 31.4 Å². The second-order valence-electron chi connectivity index (χ2n) is 5.32. The van der Waals surface area contributed by atoms with Crippen LogP contribution in [0.3, 0.4) is 0 Å². The minimum Gasteiger partial charge on any atom is -0.481 e. The SMILES string of the molecule is Cc1ccccc1C(=O)N1CCC(OCCC(=O)O)CC1. The van der Waals surface area contributed by atoms with Crippen LogP contribution < -0.4 is 0 Å². The van der Waals surface area contributed by atoms with E-state index in [1.54, 1.807) is 0 Å². The number of piperidine rings is 1. The quantitative estimate of drug-likeness (QED) is 0.902. The Labute approximate surface area is 124 Å². The third-order valence-corrected chi connectivity index (χ3v) is 3.77. The number of aryl methyl sites for hydroxylation is 1. The first kappa shape index (κ1) is 15.5. The van der Waals surface area contributed by atoms with Crippen molar-refractivity contribution in [1.82, 2.24) is 4.90 Å². The van der Waals surface area contributed by atoms with Crippen molar-refractivity contribution >= 4 is 11.9 Å². The molecule has 0 atom stereocenters. The molecule has 0 spiro atoms. The molecule has 2 rings (SSSR count). The van der Waals surface area contributed by atoms with Gasteiger partial charge in [0.05, 0.1) is 19.1 Å². The monoisotopic (exact) mass is 291 g/mol. The van der Waals surface area contributed by atoms with Crippen molar-refractivity contribution < 1.29 is 19.4 Å². The Hall–Kier alpha value is -1.88. The highest BCUT2D eigenvalue weighted by Crippen LogP contribution is 2.18. The molecule has 1 amide bonds. The van der Waals surface area contributed by atoms with Crippen LogP contribution in [0.25, 0.3) is 0 Å². The standard InChI is InChI=1S/C16H21NO4/c1-12-4-2-3-5-14(12)16(20)17-9-6-13(7-10-17)21-11-8-15(18)19/h2-5,13H,6-11H2,1H3,(H,18,19). The molecule has 0 aromatic heterocycles. The summed E-state index contributed by atoms with van der Waals surface area (Å²) in [4.78, 5) is 24.7. The Morgan fingerprint density at radius 2 is 1.95 bits per heavy atom. The Bertz CT molecular complexity index is 507. The number of carbonyl (C=O) groups excluding carboxylic acids is 1. The summed E-state index contributed by atoms with van der Waals surface area (Å²) in [6.45, 7) is 3.50. The lowest BCUT2D eigenvalue weighted by Gasteiger charge is -2.32. The number of hydrogen-bond donors (Lipinski definition) is 1. The van der Waals surface area contributed by atoms with Crippen LogP contribution in [0.1, 0.15) is 35.2 Å². The van der Waals surface area contributed by atoms with E-state index >= 15 is 0 Å². The summed E-state index contributed by atoms with van der Waals surface area (Å²) in [6, 6.07) is 7.60. The first-order valence-corrected chi connectivity index (χ1v) is 7.26. The molecule has 5 heteroatoms. The average Bonchev–Trinajstić information content (AvgIpc) is 2.47. The van der Waals surface area contributed by atoms with Crippen molar-refractivity contribution in [2.45, 2.75) is 32.3 Å². The lowest BCUT2D eigenvalue weighted by Crippen LogP contribution is -2.41. The normalized spacial score (nSPS) is 16.0. The number of carboxylic acids is 1. The van der Waals surface area contributed by atoms with Gasteiger partial charge in [-0.15, -0.1) is 0 Å². The smallest absolute Gasteiger partial charge is 0.305 e. The number of nitrogens with zero attached hydrogens (tertiary/aromatic N) is 1. The van der Waals surface area contributed by atoms with Crippen LogP contribution in [0, 0.1) is 6.92 Å². The van der Waals surface area contributed by atoms with Gasteiger partial charge in [-0.25, -0.2) is 0 Å². The van der Waals surface area contributed by atoms with E-state index in [0.29, 0.717) is 13.1 Å². The van der Waals surface area contributed by atoms with Gasteiger partial charge in [0.1, 0.15) is 0 Å². The minimum absolute atomic E-state index is 0.0301. The largest absolute Gasteiger partial charge is 0.481 e. The third kappa shape index (κ3) is 4.29. The molecule has 0 bridgehead atoms. The number of aliphatic carboxylic acids is 1. The molecule has 114 valence electrons. The fourth-order valence-electron chi connectivity index (χ4n) is 2.52. The Balaban J connectivity index is 1.82. The van der Waals surface area contributed by atoms with Crippen LogP contribution in [0.2, 0.25) is 0 Å². The van der Waals surface area contributed by atoms with Crippen molar-refractivity contribution in [1.29, 1.82) is 0 Å². The van der Waals surface area contributed by atoms with E-state index < -0.39 is 5.97 Å². The molecule has 1 aromatic rings. The Kier molecular flexibility index (Phi) is 5.33. The highest BCUT2D eigenvalue weighted by molar-refractivity contribution is 5.95. The van der Waals surface area contributed by atoms with E-state index in [9.17, 15) is 9.59 Å². The molecule has 21 heavy (non-hydrogen) atoms. The van der Waals surface area contributed by atoms with Crippen LogP contribution in [-0.4, -0.2) is 47.7 Å². The maximum atomic E-state index is 12.4. The van der Waals surface area contributed by atoms with Crippen molar-refractivity contribution in [3.05, 3.63) is 35.4 Å². The van der Waals surface area contributed by atoms with Gasteiger partial charge >= 0.3 is 5.97 Å². The summed E-state index contributed by atoms with van der Waals surface area (Å²) in [5.74, 6) is -0.778. The predicted octanol–water partition coefficient (Wildman–Crippen LogP) is 2.09. The number of amides is 1. The first-order chi connectivity index (χ1) is 10.1. The molecule has 1 fully saturated rings. The van der Waals surface area contributed by atoms with Gasteiger partial charge in [-0.3, -0.25) is 9.59 Å². The van der Waals surface area contributed by atoms with Crippen LogP contribution in [0.15, 0.2) is 24.3 Å². The van der Waals surface area contributed by atoms with Crippen molar-refractivity contribution in [2.24, 2.45) is 0 Å². The van der Waals surface area contributed by atoms with E-state index in [2.05, 4.69) is 0 Å². The topological polar surface area (TPSA) is 66.8 Å². The number of carbonyl (C=O) groups is 2. The summed E-state index contributed by atoms with van der Waals surface area (Å²) in [7, 11) is 0. The average molecular weight is 291 g/mol. The molecule has 0 aliphatic carbocycles. The second kappa shape index (κ2) is 7.22. The summed E-state index contributed by atoms with van der Waals surface area (Å²) >= 11 is 0. The number of carboxylic acid groups (broad SMARTS) is 1. The van der Waals surface area contributed by atoms with Gasteiger partial charge < -0.3 is 14.7 Å². The maximum Gasteiger partial charge on any atom is 0.305 e. The molecule has 1 aliphatic rings. The molecule has 1 N–H and O–H groups in total. The van der Waals surface area contributed by atoms with E-state index in [0.717, 1.165) is 24.0 Å². The highest BCUT2D eigenvalue weighted by atomic mass is 16.5. The predicted molar refractivity (Wildman–Crippen MR) is 78.3 cm³/mol. The zero-order valence-electron chi connectivity index (χ0n) is 12.2. The zero-order valence-corrected chi connectivity index (χ0v) is 12.2. The molecule has 1 aromatic carbocycles. The molecule has 1 saturated heterocycles. The molecule has 5 nitrogen and oxygen atoms in total. The van der Waals surface area contributed by atoms with Gasteiger partial charge in [0, 0.05) is 18.7 Å². The molecule has 1 aliphatic heterocycles. The summed E-state index contributed by atoms with van der Waals surface area (Å²) in [6.07, 6.45) is 1.61. The number of rotatable bonds is 5. The molecular formula is C16H21NO4. The van der Waals surface area contributed by atoms with E-state index in [-0.39, 0.29) is 25.0 Å².